The van der Waals surface area contributed by atoms with Gasteiger partial charge in [0.25, 0.3) is 0 Å². The van der Waals surface area contributed by atoms with Crippen LogP contribution in [0.5, 0.6) is 0 Å². The molecule has 0 aromatic carbocycles. The first-order valence-electron chi connectivity index (χ1n) is 6.80. The lowest BCUT2D eigenvalue weighted by Gasteiger charge is -2.45. The molecule has 1 aromatic heterocycles. The Balaban J connectivity index is 1.94. The van der Waals surface area contributed by atoms with Crippen LogP contribution < -0.4 is 0 Å². The predicted molar refractivity (Wildman–Crippen MR) is 65.6 cm³/mol. The molecule has 18 heavy (non-hydrogen) atoms. The second kappa shape index (κ2) is 2.90. The number of carbonyl (C=O) groups excluding carboxylic acids is 1. The molecule has 1 aliphatic heterocycles. The molecule has 1 aromatic rings. The zero-order valence-corrected chi connectivity index (χ0v) is 11.1. The molecule has 96 valence electrons. The summed E-state index contributed by atoms with van der Waals surface area (Å²) >= 11 is 0. The Morgan fingerprint density at radius 3 is 2.94 bits per heavy atom. The maximum atomic E-state index is 13.0. The largest absolute Gasteiger partial charge is 0.468 e. The van der Waals surface area contributed by atoms with Crippen molar-refractivity contribution in [2.75, 3.05) is 0 Å². The van der Waals surface area contributed by atoms with Crippen molar-refractivity contribution in [3.8, 4) is 0 Å². The van der Waals surface area contributed by atoms with Crippen LogP contribution in [0.3, 0.4) is 0 Å². The van der Waals surface area contributed by atoms with Crippen LogP contribution in [-0.2, 0) is 11.2 Å². The Bertz CT molecular complexity index is 558. The van der Waals surface area contributed by atoms with Crippen LogP contribution in [0.15, 0.2) is 10.7 Å². The van der Waals surface area contributed by atoms with Gasteiger partial charge in [0.2, 0.25) is 0 Å². The first kappa shape index (κ1) is 10.8. The van der Waals surface area contributed by atoms with Crippen LogP contribution in [0.1, 0.15) is 48.4 Å². The number of furan rings is 1. The lowest BCUT2D eigenvalue weighted by Crippen LogP contribution is -2.55. The summed E-state index contributed by atoms with van der Waals surface area (Å²) in [6.45, 7) is 6.26. The Labute approximate surface area is 106 Å². The standard InChI is InChI=1S/C15H18O3/c1-8-7-17-10-6-15-11(18-15)5-4-9(2)14(15,3)13(16)12(8)10/h7,9,11H,4-6H2,1-3H3/t9-,11+,14-,15+/m0/s1. The van der Waals surface area contributed by atoms with Gasteiger partial charge in [-0.25, -0.2) is 0 Å². The highest BCUT2D eigenvalue weighted by atomic mass is 16.6. The van der Waals surface area contributed by atoms with Crippen molar-refractivity contribution in [2.45, 2.75) is 51.7 Å². The normalized spacial score (nSPS) is 45.2. The topological polar surface area (TPSA) is 42.7 Å². The summed E-state index contributed by atoms with van der Waals surface area (Å²) in [5.41, 5.74) is 1.17. The summed E-state index contributed by atoms with van der Waals surface area (Å²) in [7, 11) is 0. The second-order valence-electron chi connectivity index (χ2n) is 6.40. The van der Waals surface area contributed by atoms with Gasteiger partial charge >= 0.3 is 0 Å². The molecule has 0 amide bonds. The highest BCUT2D eigenvalue weighted by Gasteiger charge is 2.75. The number of epoxide rings is 1. The molecule has 0 unspecified atom stereocenters. The summed E-state index contributed by atoms with van der Waals surface area (Å²) in [5, 5.41) is 0. The van der Waals surface area contributed by atoms with Crippen molar-refractivity contribution in [3.63, 3.8) is 0 Å². The third-order valence-electron chi connectivity index (χ3n) is 5.72. The molecule has 0 bridgehead atoms. The van der Waals surface area contributed by atoms with Gasteiger partial charge in [-0.3, -0.25) is 4.79 Å². The first-order valence-corrected chi connectivity index (χ1v) is 6.80. The molecular formula is C15H18O3. The lowest BCUT2D eigenvalue weighted by atomic mass is 9.54. The van der Waals surface area contributed by atoms with E-state index in [1.807, 2.05) is 6.92 Å². The van der Waals surface area contributed by atoms with Gasteiger partial charge in [0.05, 0.1) is 23.3 Å². The number of ketones is 1. The van der Waals surface area contributed by atoms with Crippen LogP contribution >= 0.6 is 0 Å². The average Bonchev–Trinajstić information content (AvgIpc) is 2.93. The van der Waals surface area contributed by atoms with Gasteiger partial charge in [-0.15, -0.1) is 0 Å². The SMILES string of the molecule is Cc1coc2c1C(=O)[C@]1(C)[C@@H](C)CC[C@H]3O[C@]31C2. The van der Waals surface area contributed by atoms with Crippen LogP contribution in [-0.4, -0.2) is 17.5 Å². The monoisotopic (exact) mass is 246 g/mol. The van der Waals surface area contributed by atoms with Crippen molar-refractivity contribution >= 4 is 5.78 Å². The number of hydrogen-bond donors (Lipinski definition) is 0. The van der Waals surface area contributed by atoms with E-state index in [9.17, 15) is 4.79 Å². The lowest BCUT2D eigenvalue weighted by molar-refractivity contribution is 0.0308. The summed E-state index contributed by atoms with van der Waals surface area (Å²) in [6, 6.07) is 0. The molecule has 1 saturated heterocycles. The highest BCUT2D eigenvalue weighted by Crippen LogP contribution is 2.65. The fourth-order valence-electron chi connectivity index (χ4n) is 4.26. The molecule has 3 nitrogen and oxygen atoms in total. The summed E-state index contributed by atoms with van der Waals surface area (Å²) < 4.78 is 11.6. The molecule has 3 aliphatic rings. The number of hydrogen-bond acceptors (Lipinski definition) is 3. The van der Waals surface area contributed by atoms with Gasteiger partial charge < -0.3 is 9.15 Å². The van der Waals surface area contributed by atoms with E-state index in [0.29, 0.717) is 5.92 Å². The molecule has 4 rings (SSSR count). The van der Waals surface area contributed by atoms with E-state index in [2.05, 4.69) is 13.8 Å². The number of fused-ring (bicyclic) bond motifs is 1. The fourth-order valence-corrected chi connectivity index (χ4v) is 4.26. The van der Waals surface area contributed by atoms with E-state index in [1.54, 1.807) is 6.26 Å². The van der Waals surface area contributed by atoms with Crippen LogP contribution in [0.4, 0.5) is 0 Å². The molecule has 2 aliphatic carbocycles. The van der Waals surface area contributed by atoms with Crippen molar-refractivity contribution in [1.29, 1.82) is 0 Å². The van der Waals surface area contributed by atoms with E-state index >= 15 is 0 Å². The Morgan fingerprint density at radius 2 is 2.17 bits per heavy atom. The van der Waals surface area contributed by atoms with Crippen molar-refractivity contribution < 1.29 is 13.9 Å². The molecule has 2 heterocycles. The predicted octanol–water partition coefficient (Wildman–Crippen LogP) is 2.90. The third-order valence-corrected chi connectivity index (χ3v) is 5.72. The van der Waals surface area contributed by atoms with Gasteiger partial charge in [-0.2, -0.15) is 0 Å². The molecule has 4 atom stereocenters. The number of Topliss-reactive ketones (excluding diaryl/α,β-unsaturated/α-hetero) is 1. The molecule has 3 heteroatoms. The molecule has 1 saturated carbocycles. The molecule has 0 N–H and O–H groups in total. The van der Waals surface area contributed by atoms with E-state index in [4.69, 9.17) is 9.15 Å². The zero-order valence-electron chi connectivity index (χ0n) is 11.1. The Morgan fingerprint density at radius 1 is 1.39 bits per heavy atom. The fraction of sp³-hybridized carbons (Fsp3) is 0.667. The maximum absolute atomic E-state index is 13.0. The van der Waals surface area contributed by atoms with Gasteiger partial charge in [-0.05, 0) is 38.2 Å². The number of aryl methyl sites for hydroxylation is 1. The van der Waals surface area contributed by atoms with Crippen LogP contribution in [0.2, 0.25) is 0 Å². The second-order valence-corrected chi connectivity index (χ2v) is 6.40. The van der Waals surface area contributed by atoms with Crippen LogP contribution in [0.25, 0.3) is 0 Å². The molecular weight excluding hydrogens is 228 g/mol. The van der Waals surface area contributed by atoms with Crippen LogP contribution in [0, 0.1) is 18.3 Å². The van der Waals surface area contributed by atoms with E-state index in [0.717, 1.165) is 36.1 Å². The molecule has 0 radical (unpaired) electrons. The van der Waals surface area contributed by atoms with E-state index < -0.39 is 0 Å². The minimum absolute atomic E-state index is 0.240. The number of carbonyl (C=O) groups is 1. The van der Waals surface area contributed by atoms with Gasteiger partial charge in [0, 0.05) is 6.42 Å². The van der Waals surface area contributed by atoms with E-state index in [1.165, 1.54) is 0 Å². The van der Waals surface area contributed by atoms with E-state index in [-0.39, 0.29) is 22.9 Å². The van der Waals surface area contributed by atoms with Gasteiger partial charge in [0.1, 0.15) is 11.4 Å². The quantitative estimate of drug-likeness (QED) is 0.661. The molecule has 2 fully saturated rings. The third kappa shape index (κ3) is 0.923. The highest BCUT2D eigenvalue weighted by molar-refractivity contribution is 6.05. The Kier molecular flexibility index (Phi) is 1.74. The summed E-state index contributed by atoms with van der Waals surface area (Å²) in [5.74, 6) is 1.46. The number of rotatable bonds is 0. The smallest absolute Gasteiger partial charge is 0.175 e. The number of ether oxygens (including phenoxy) is 1. The van der Waals surface area contributed by atoms with Crippen molar-refractivity contribution in [3.05, 3.63) is 23.2 Å². The van der Waals surface area contributed by atoms with Gasteiger partial charge in [-0.1, -0.05) is 6.92 Å². The summed E-state index contributed by atoms with van der Waals surface area (Å²) in [6.07, 6.45) is 4.91. The summed E-state index contributed by atoms with van der Waals surface area (Å²) in [4.78, 5) is 13.0. The molecule has 1 spiro atoms. The van der Waals surface area contributed by atoms with Crippen molar-refractivity contribution in [1.82, 2.24) is 0 Å². The average molecular weight is 246 g/mol. The zero-order chi connectivity index (χ0) is 12.7. The first-order chi connectivity index (χ1) is 8.50. The maximum Gasteiger partial charge on any atom is 0.175 e. The minimum atomic E-state index is -0.364. The Hall–Kier alpha value is -1.09. The minimum Gasteiger partial charge on any atom is -0.468 e. The van der Waals surface area contributed by atoms with Gasteiger partial charge in [0.15, 0.2) is 5.78 Å². The van der Waals surface area contributed by atoms with Crippen molar-refractivity contribution in [2.24, 2.45) is 11.3 Å².